The van der Waals surface area contributed by atoms with Crippen LogP contribution >= 0.6 is 0 Å². The van der Waals surface area contributed by atoms with Gasteiger partial charge in [-0.25, -0.2) is 10.2 Å². The summed E-state index contributed by atoms with van der Waals surface area (Å²) in [5.41, 5.74) is 4.85. The number of carbonyl (C=O) groups is 1. The van der Waals surface area contributed by atoms with E-state index in [2.05, 4.69) is 34.8 Å². The van der Waals surface area contributed by atoms with E-state index in [1.807, 2.05) is 6.07 Å². The number of nitrogens with one attached hydrogen (secondary N) is 2. The van der Waals surface area contributed by atoms with E-state index in [0.29, 0.717) is 6.61 Å². The number of ether oxygens (including phenoxy) is 1. The average molecular weight is 276 g/mol. The third-order valence-corrected chi connectivity index (χ3v) is 3.41. The van der Waals surface area contributed by atoms with Gasteiger partial charge < -0.3 is 9.64 Å². The van der Waals surface area contributed by atoms with Crippen LogP contribution in [-0.4, -0.2) is 31.5 Å². The highest BCUT2D eigenvalue weighted by Crippen LogP contribution is 1.99. The normalized spacial score (nSPS) is 18.4. The van der Waals surface area contributed by atoms with Crippen LogP contribution in [0.25, 0.3) is 0 Å². The Morgan fingerprint density at radius 2 is 2.00 bits per heavy atom. The monoisotopic (exact) mass is 276 g/mol. The van der Waals surface area contributed by atoms with Gasteiger partial charge in [-0.05, 0) is 6.92 Å². The maximum absolute atomic E-state index is 11.1. The first-order valence-corrected chi connectivity index (χ1v) is 7.13. The number of likely N-dealkylation sites (tertiary alicyclic amines) is 1. The van der Waals surface area contributed by atoms with Crippen molar-refractivity contribution in [3.63, 3.8) is 0 Å². The molecule has 1 amide bonds. The number of carbonyl (C=O) groups excluding carboxylic acids is 1. The third-order valence-electron chi connectivity index (χ3n) is 3.41. The molecular weight excluding hydrogens is 254 g/mol. The van der Waals surface area contributed by atoms with Crippen LogP contribution in [0.3, 0.4) is 0 Å². The van der Waals surface area contributed by atoms with Crippen molar-refractivity contribution in [3.05, 3.63) is 35.9 Å². The van der Waals surface area contributed by atoms with Crippen molar-refractivity contribution >= 4 is 11.8 Å². The number of quaternary nitrogens is 1. The molecule has 20 heavy (non-hydrogen) atoms. The summed E-state index contributed by atoms with van der Waals surface area (Å²) in [5, 5.41) is 4.12. The number of piperidine rings is 1. The van der Waals surface area contributed by atoms with E-state index in [9.17, 15) is 4.79 Å². The van der Waals surface area contributed by atoms with Gasteiger partial charge in [0, 0.05) is 24.1 Å². The fraction of sp³-hybridized carbons (Fsp3) is 0.467. The zero-order valence-corrected chi connectivity index (χ0v) is 11.9. The first-order valence-electron chi connectivity index (χ1n) is 7.13. The van der Waals surface area contributed by atoms with Gasteiger partial charge in [0.2, 0.25) is 0 Å². The molecule has 1 heterocycles. The Bertz CT molecular complexity index is 449. The summed E-state index contributed by atoms with van der Waals surface area (Å²) < 4.78 is 4.77. The molecule has 1 aliphatic rings. The highest BCUT2D eigenvalue weighted by atomic mass is 16.5. The van der Waals surface area contributed by atoms with Crippen molar-refractivity contribution in [1.29, 1.82) is 0 Å². The summed E-state index contributed by atoms with van der Waals surface area (Å²) in [6.07, 6.45) is 1.38. The fourth-order valence-corrected chi connectivity index (χ4v) is 2.35. The molecule has 5 nitrogen and oxygen atoms in total. The van der Waals surface area contributed by atoms with Gasteiger partial charge in [-0.2, -0.15) is 5.10 Å². The number of hydrazone groups is 1. The van der Waals surface area contributed by atoms with Gasteiger partial charge in [-0.3, -0.25) is 0 Å². The number of rotatable bonds is 4. The maximum Gasteiger partial charge on any atom is 0.427 e. The van der Waals surface area contributed by atoms with Crippen LogP contribution in [0.4, 0.5) is 4.79 Å². The van der Waals surface area contributed by atoms with E-state index in [4.69, 9.17) is 4.74 Å². The second kappa shape index (κ2) is 7.65. The summed E-state index contributed by atoms with van der Waals surface area (Å²) >= 11 is 0. The summed E-state index contributed by atoms with van der Waals surface area (Å²) in [6.45, 7) is 5.31. The molecule has 1 aromatic carbocycles. The first kappa shape index (κ1) is 14.5. The minimum atomic E-state index is -0.473. The molecule has 5 heteroatoms. The van der Waals surface area contributed by atoms with E-state index < -0.39 is 6.09 Å². The highest BCUT2D eigenvalue weighted by molar-refractivity contribution is 5.85. The average Bonchev–Trinajstić information content (AvgIpc) is 2.48. The summed E-state index contributed by atoms with van der Waals surface area (Å²) in [5.74, 6) is 0. The quantitative estimate of drug-likeness (QED) is 0.805. The molecule has 0 saturated carbocycles. The Balaban J connectivity index is 1.75. The molecule has 0 aromatic heterocycles. The number of hydrogen-bond donors (Lipinski definition) is 2. The van der Waals surface area contributed by atoms with Crippen molar-refractivity contribution in [3.8, 4) is 0 Å². The lowest BCUT2D eigenvalue weighted by atomic mass is 10.1. The van der Waals surface area contributed by atoms with Gasteiger partial charge in [0.05, 0.1) is 19.7 Å². The molecule has 1 saturated heterocycles. The molecular formula is C15H22N3O2+. The minimum absolute atomic E-state index is 0.367. The van der Waals surface area contributed by atoms with E-state index >= 15 is 0 Å². The molecule has 1 aromatic rings. The predicted molar refractivity (Wildman–Crippen MR) is 77.7 cm³/mol. The second-order valence-corrected chi connectivity index (χ2v) is 4.92. The van der Waals surface area contributed by atoms with Gasteiger partial charge in [-0.1, -0.05) is 30.3 Å². The van der Waals surface area contributed by atoms with Crippen LogP contribution in [0, 0.1) is 0 Å². The molecule has 1 aliphatic heterocycles. The van der Waals surface area contributed by atoms with Gasteiger partial charge in [0.25, 0.3) is 0 Å². The van der Waals surface area contributed by atoms with Crippen molar-refractivity contribution in [2.24, 2.45) is 5.10 Å². The zero-order chi connectivity index (χ0) is 14.2. The van der Waals surface area contributed by atoms with Crippen molar-refractivity contribution in [2.45, 2.75) is 26.3 Å². The standard InChI is InChI=1S/C15H21N3O2/c1-2-20-15(19)17-16-14-8-10-18(11-9-14)12-13-6-4-3-5-7-13/h3-7H,2,8-12H2,1H3,(H,17,19)/p+1. The second-order valence-electron chi connectivity index (χ2n) is 4.92. The molecule has 108 valence electrons. The molecule has 0 bridgehead atoms. The lowest BCUT2D eigenvalue weighted by molar-refractivity contribution is -0.914. The molecule has 1 fully saturated rings. The molecule has 0 unspecified atom stereocenters. The molecule has 2 N–H and O–H groups in total. The van der Waals surface area contributed by atoms with Gasteiger partial charge >= 0.3 is 6.09 Å². The summed E-state index contributed by atoms with van der Waals surface area (Å²) in [4.78, 5) is 12.7. The summed E-state index contributed by atoms with van der Waals surface area (Å²) in [7, 11) is 0. The minimum Gasteiger partial charge on any atom is -0.449 e. The predicted octanol–water partition coefficient (Wildman–Crippen LogP) is 0.967. The van der Waals surface area contributed by atoms with Crippen molar-refractivity contribution < 1.29 is 14.4 Å². The fourth-order valence-electron chi connectivity index (χ4n) is 2.35. The number of nitrogens with zero attached hydrogens (tertiary/aromatic N) is 1. The molecule has 2 rings (SSSR count). The number of benzene rings is 1. The van der Waals surface area contributed by atoms with Crippen LogP contribution in [0.1, 0.15) is 25.3 Å². The molecule has 0 aliphatic carbocycles. The highest BCUT2D eigenvalue weighted by Gasteiger charge is 2.18. The van der Waals surface area contributed by atoms with Gasteiger partial charge in [-0.15, -0.1) is 0 Å². The van der Waals surface area contributed by atoms with Crippen molar-refractivity contribution in [2.75, 3.05) is 19.7 Å². The van der Waals surface area contributed by atoms with E-state index in [-0.39, 0.29) is 0 Å². The van der Waals surface area contributed by atoms with Crippen LogP contribution in [0.15, 0.2) is 35.4 Å². The largest absolute Gasteiger partial charge is 0.449 e. The lowest BCUT2D eigenvalue weighted by Gasteiger charge is -2.24. The zero-order valence-electron chi connectivity index (χ0n) is 11.9. The Hall–Kier alpha value is -1.88. The van der Waals surface area contributed by atoms with E-state index in [0.717, 1.165) is 38.2 Å². The topological polar surface area (TPSA) is 55.1 Å². The summed E-state index contributed by atoms with van der Waals surface area (Å²) in [6, 6.07) is 10.5. The van der Waals surface area contributed by atoms with Gasteiger partial charge in [0.15, 0.2) is 0 Å². The Morgan fingerprint density at radius 3 is 2.65 bits per heavy atom. The number of amides is 1. The van der Waals surface area contributed by atoms with E-state index in [1.54, 1.807) is 11.8 Å². The molecule has 0 radical (unpaired) electrons. The Labute approximate surface area is 119 Å². The smallest absolute Gasteiger partial charge is 0.427 e. The molecule has 0 atom stereocenters. The van der Waals surface area contributed by atoms with Crippen LogP contribution in [0.2, 0.25) is 0 Å². The SMILES string of the molecule is CCOC(=O)NN=C1CC[NH+](Cc2ccccc2)CC1. The van der Waals surface area contributed by atoms with Crippen LogP contribution < -0.4 is 10.3 Å². The first-order chi connectivity index (χ1) is 9.78. The molecule has 0 spiro atoms. The maximum atomic E-state index is 11.1. The Kier molecular flexibility index (Phi) is 5.55. The van der Waals surface area contributed by atoms with E-state index in [1.165, 1.54) is 5.56 Å². The third kappa shape index (κ3) is 4.66. The lowest BCUT2D eigenvalue weighted by Crippen LogP contribution is -3.11. The van der Waals surface area contributed by atoms with Crippen LogP contribution in [0.5, 0.6) is 0 Å². The van der Waals surface area contributed by atoms with Crippen molar-refractivity contribution in [1.82, 2.24) is 5.43 Å². The van der Waals surface area contributed by atoms with Crippen LogP contribution in [-0.2, 0) is 11.3 Å². The van der Waals surface area contributed by atoms with Gasteiger partial charge in [0.1, 0.15) is 6.54 Å². The number of hydrogen-bond acceptors (Lipinski definition) is 3. The Morgan fingerprint density at radius 1 is 1.30 bits per heavy atom.